The van der Waals surface area contributed by atoms with Crippen molar-refractivity contribution >= 4 is 66.3 Å². The Kier molecular flexibility index (Phi) is 8.66. The Morgan fingerprint density at radius 3 is 0.941 bits per heavy atom. The summed E-state index contributed by atoms with van der Waals surface area (Å²) in [5, 5.41) is 8.31. The van der Waals surface area contributed by atoms with Gasteiger partial charge in [0.05, 0.1) is 0 Å². The summed E-state index contributed by atoms with van der Waals surface area (Å²) in [5.74, 6) is -0.787. The molecule has 6 nitrogen and oxygen atoms in total. The molecule has 3 amide bonds. The molecule has 0 fully saturated rings. The molecular weight excluding hydrogens is 623 g/mol. The molecule has 34 heavy (non-hydrogen) atoms. The van der Waals surface area contributed by atoms with Crippen molar-refractivity contribution in [1.82, 2.24) is 0 Å². The van der Waals surface area contributed by atoms with E-state index in [0.29, 0.717) is 17.1 Å². The molecule has 0 aliphatic carbocycles. The molecule has 0 saturated heterocycles. The molecule has 0 aliphatic heterocycles. The topological polar surface area (TPSA) is 87.3 Å². The van der Waals surface area contributed by atoms with Gasteiger partial charge in [0.15, 0.2) is 0 Å². The van der Waals surface area contributed by atoms with E-state index >= 15 is 0 Å². The molecule has 0 aliphatic rings. The average Bonchev–Trinajstić information content (AvgIpc) is 2.87. The second-order valence-electron chi connectivity index (χ2n) is 7.06. The van der Waals surface area contributed by atoms with Gasteiger partial charge < -0.3 is 0 Å². The molecular formula is C27H24BiN3O3. The summed E-state index contributed by atoms with van der Waals surface area (Å²) in [6, 6.07) is 23.5. The molecule has 170 valence electrons. The van der Waals surface area contributed by atoms with E-state index in [0.717, 1.165) is 0 Å². The van der Waals surface area contributed by atoms with E-state index in [9.17, 15) is 14.4 Å². The summed E-state index contributed by atoms with van der Waals surface area (Å²) in [5.41, 5.74) is 2.09. The number of hydrogen-bond acceptors (Lipinski definition) is 3. The van der Waals surface area contributed by atoms with Gasteiger partial charge in [-0.05, 0) is 0 Å². The Hall–Kier alpha value is -3.83. The van der Waals surface area contributed by atoms with Gasteiger partial charge in [-0.1, -0.05) is 0 Å². The third kappa shape index (κ3) is 6.59. The summed E-state index contributed by atoms with van der Waals surface area (Å²) in [6.07, 6.45) is 3.69. The Balaban J connectivity index is 1.96. The molecule has 3 N–H and O–H groups in total. The van der Waals surface area contributed by atoms with E-state index in [1.54, 1.807) is 0 Å². The van der Waals surface area contributed by atoms with Crippen molar-refractivity contribution in [2.45, 2.75) is 0 Å². The van der Waals surface area contributed by atoms with Crippen LogP contribution in [-0.2, 0) is 14.4 Å². The molecule has 3 aromatic rings. The van der Waals surface area contributed by atoms with Gasteiger partial charge in [-0.3, -0.25) is 0 Å². The van der Waals surface area contributed by atoms with Crippen LogP contribution in [0.3, 0.4) is 0 Å². The third-order valence-corrected chi connectivity index (χ3v) is 14.2. The summed E-state index contributed by atoms with van der Waals surface area (Å²) >= 11 is -2.72. The van der Waals surface area contributed by atoms with Crippen LogP contribution in [0.25, 0.3) is 0 Å². The molecule has 0 saturated carbocycles. The molecule has 3 rings (SSSR count). The van der Waals surface area contributed by atoms with E-state index in [4.69, 9.17) is 0 Å². The fraction of sp³-hybridized carbons (Fsp3) is 0. The minimum atomic E-state index is -2.72. The first-order chi connectivity index (χ1) is 16.4. The first-order valence-corrected chi connectivity index (χ1v) is 15.6. The Morgan fingerprint density at radius 1 is 0.500 bits per heavy atom. The first kappa shape index (κ1) is 24.8. The van der Waals surface area contributed by atoms with Gasteiger partial charge in [0.2, 0.25) is 0 Å². The van der Waals surface area contributed by atoms with E-state index in [1.807, 2.05) is 72.8 Å². The zero-order valence-electron chi connectivity index (χ0n) is 18.5. The predicted molar refractivity (Wildman–Crippen MR) is 140 cm³/mol. The van der Waals surface area contributed by atoms with E-state index < -0.39 is 21.8 Å². The van der Waals surface area contributed by atoms with Crippen molar-refractivity contribution in [2.24, 2.45) is 0 Å². The minimum absolute atomic E-state index is 0.262. The van der Waals surface area contributed by atoms with Gasteiger partial charge in [0.25, 0.3) is 0 Å². The molecule has 0 aromatic heterocycles. The molecule has 0 atom stereocenters. The zero-order valence-corrected chi connectivity index (χ0v) is 21.9. The van der Waals surface area contributed by atoms with Gasteiger partial charge in [-0.2, -0.15) is 0 Å². The van der Waals surface area contributed by atoms with E-state index in [-0.39, 0.29) is 17.7 Å². The fourth-order valence-corrected chi connectivity index (χ4v) is 11.8. The molecule has 0 heterocycles. The molecule has 0 unspecified atom stereocenters. The maximum atomic E-state index is 11.6. The summed E-state index contributed by atoms with van der Waals surface area (Å²) < 4.78 is 3.62. The molecule has 3 aromatic carbocycles. The number of carbonyl (C=O) groups excluding carboxylic acids is 3. The monoisotopic (exact) mass is 647 g/mol. The molecule has 7 heteroatoms. The zero-order chi connectivity index (χ0) is 24.5. The van der Waals surface area contributed by atoms with Crippen LogP contribution in [0.4, 0.5) is 17.1 Å². The number of amides is 3. The standard InChI is InChI=1S/3C9H8NO.Bi/c3*1-2-9(11)10-8-6-4-3-5-7-8;/h3*2,4-7H,1H2,(H,10,11);. The van der Waals surface area contributed by atoms with Crippen molar-refractivity contribution < 1.29 is 14.4 Å². The Morgan fingerprint density at radius 2 is 0.735 bits per heavy atom. The third-order valence-electron chi connectivity index (χ3n) is 4.74. The van der Waals surface area contributed by atoms with Crippen molar-refractivity contribution in [2.75, 3.05) is 16.0 Å². The number of benzene rings is 3. The van der Waals surface area contributed by atoms with Crippen LogP contribution < -0.4 is 25.8 Å². The Labute approximate surface area is 206 Å². The van der Waals surface area contributed by atoms with Crippen molar-refractivity contribution in [3.05, 3.63) is 111 Å². The number of carbonyl (C=O) groups is 3. The van der Waals surface area contributed by atoms with Gasteiger partial charge >= 0.3 is 207 Å². The second-order valence-corrected chi connectivity index (χ2v) is 15.7. The fourth-order valence-electron chi connectivity index (χ4n) is 3.11. The van der Waals surface area contributed by atoms with Crippen molar-refractivity contribution in [1.29, 1.82) is 0 Å². The summed E-state index contributed by atoms with van der Waals surface area (Å²) in [4.78, 5) is 34.8. The summed E-state index contributed by atoms with van der Waals surface area (Å²) in [7, 11) is 0. The van der Waals surface area contributed by atoms with Crippen LogP contribution in [0.1, 0.15) is 0 Å². The van der Waals surface area contributed by atoms with E-state index in [1.165, 1.54) is 28.0 Å². The molecule has 0 spiro atoms. The Bertz CT molecular complexity index is 1060. The van der Waals surface area contributed by atoms with Crippen molar-refractivity contribution in [3.8, 4) is 0 Å². The van der Waals surface area contributed by atoms with E-state index in [2.05, 4.69) is 35.7 Å². The molecule has 0 radical (unpaired) electrons. The van der Waals surface area contributed by atoms with Crippen LogP contribution in [0.5, 0.6) is 0 Å². The van der Waals surface area contributed by atoms with Crippen LogP contribution in [0.2, 0.25) is 0 Å². The number of rotatable bonds is 9. The number of hydrogen-bond donors (Lipinski definition) is 3. The second kappa shape index (κ2) is 11.9. The van der Waals surface area contributed by atoms with Gasteiger partial charge in [-0.25, -0.2) is 0 Å². The van der Waals surface area contributed by atoms with Gasteiger partial charge in [0.1, 0.15) is 0 Å². The van der Waals surface area contributed by atoms with Gasteiger partial charge in [-0.15, -0.1) is 0 Å². The van der Waals surface area contributed by atoms with Crippen LogP contribution in [0, 0.1) is 0 Å². The van der Waals surface area contributed by atoms with Crippen LogP contribution in [0.15, 0.2) is 111 Å². The van der Waals surface area contributed by atoms with Gasteiger partial charge in [0, 0.05) is 0 Å². The number of anilines is 3. The maximum absolute atomic E-state index is 11.6. The number of nitrogens with one attached hydrogen (secondary N) is 3. The molecule has 0 bridgehead atoms. The summed E-state index contributed by atoms with van der Waals surface area (Å²) in [6.45, 7) is 10.4. The quantitative estimate of drug-likeness (QED) is 0.247. The van der Waals surface area contributed by atoms with Crippen LogP contribution >= 0.6 is 0 Å². The van der Waals surface area contributed by atoms with Crippen molar-refractivity contribution in [3.63, 3.8) is 0 Å². The average molecular weight is 647 g/mol. The SMILES string of the molecule is C=CC(=O)Nc1cc[c]([Bi]([c]2ccc(NC(=O)C=C)cc2)[c]2ccc(NC(=O)C=C)cc2)cc1. The first-order valence-electron chi connectivity index (χ1n) is 10.3. The predicted octanol–water partition coefficient (Wildman–Crippen LogP) is 2.58. The normalized spacial score (nSPS) is 10.1. The van der Waals surface area contributed by atoms with Crippen LogP contribution in [-0.4, -0.2) is 39.5 Å².